The summed E-state index contributed by atoms with van der Waals surface area (Å²) in [6, 6.07) is 21.3. The Hall–Kier alpha value is -3.65. The first-order chi connectivity index (χ1) is 14.2. The van der Waals surface area contributed by atoms with Crippen LogP contribution >= 0.6 is 0 Å². The van der Waals surface area contributed by atoms with Crippen LogP contribution in [0.1, 0.15) is 36.7 Å². The van der Waals surface area contributed by atoms with E-state index in [4.69, 9.17) is 4.74 Å². The van der Waals surface area contributed by atoms with E-state index in [0.717, 1.165) is 11.1 Å². The number of carbonyl (C=O) groups excluding carboxylic acids is 1. The number of aromatic nitrogens is 1. The Balaban J connectivity index is 0.000000280. The molecule has 2 heterocycles. The Morgan fingerprint density at radius 1 is 1.00 bits per heavy atom. The van der Waals surface area contributed by atoms with Gasteiger partial charge in [0.2, 0.25) is 0 Å². The molecule has 4 rings (SSSR count). The van der Waals surface area contributed by atoms with Crippen LogP contribution in [0.3, 0.4) is 0 Å². The van der Waals surface area contributed by atoms with Crippen LogP contribution in [0.5, 0.6) is 0 Å². The van der Waals surface area contributed by atoms with E-state index in [0.29, 0.717) is 12.3 Å². The van der Waals surface area contributed by atoms with Crippen LogP contribution in [0.15, 0.2) is 79.0 Å². The van der Waals surface area contributed by atoms with Crippen LogP contribution in [-0.4, -0.2) is 17.7 Å². The highest BCUT2D eigenvalue weighted by Crippen LogP contribution is 2.17. The third-order valence-corrected chi connectivity index (χ3v) is 3.70. The molecule has 2 aromatic carbocycles. The smallest absolute Gasteiger partial charge is 0.407 e. The summed E-state index contributed by atoms with van der Waals surface area (Å²) < 4.78 is 16.8. The van der Waals surface area contributed by atoms with Crippen molar-refractivity contribution in [2.24, 2.45) is 0 Å². The second-order valence-electron chi connectivity index (χ2n) is 5.68. The van der Waals surface area contributed by atoms with Crippen molar-refractivity contribution in [3.05, 3.63) is 102 Å². The second-order valence-corrected chi connectivity index (χ2v) is 5.68. The molecular formula is C24H23FN2O2. The lowest BCUT2D eigenvalue weighted by molar-refractivity contribution is 0.177. The van der Waals surface area contributed by atoms with Crippen molar-refractivity contribution in [1.29, 1.82) is 0 Å². The van der Waals surface area contributed by atoms with Gasteiger partial charge in [-0.3, -0.25) is 0 Å². The van der Waals surface area contributed by atoms with E-state index in [2.05, 4.69) is 22.1 Å². The fourth-order valence-corrected chi connectivity index (χ4v) is 2.37. The summed E-state index contributed by atoms with van der Waals surface area (Å²) in [5, 5.41) is 2.73. The summed E-state index contributed by atoms with van der Waals surface area (Å²) in [7, 11) is 0. The second kappa shape index (κ2) is 11.9. The van der Waals surface area contributed by atoms with Crippen LogP contribution in [0.25, 0.3) is 0 Å². The zero-order valence-corrected chi connectivity index (χ0v) is 16.4. The van der Waals surface area contributed by atoms with Gasteiger partial charge in [0.1, 0.15) is 18.1 Å². The molecule has 1 aliphatic rings. The third-order valence-electron chi connectivity index (χ3n) is 3.70. The highest BCUT2D eigenvalue weighted by atomic mass is 19.1. The summed E-state index contributed by atoms with van der Waals surface area (Å²) in [5.41, 5.74) is 2.56. The first-order valence-electron chi connectivity index (χ1n) is 9.37. The highest BCUT2D eigenvalue weighted by Gasteiger charge is 2.23. The van der Waals surface area contributed by atoms with Gasteiger partial charge in [-0.1, -0.05) is 56.2 Å². The number of ether oxygens (including phenoxy) is 1. The van der Waals surface area contributed by atoms with Gasteiger partial charge in [0.15, 0.2) is 0 Å². The lowest BCUT2D eigenvalue weighted by atomic mass is 10.1. The van der Waals surface area contributed by atoms with Gasteiger partial charge >= 0.3 is 6.09 Å². The quantitative estimate of drug-likeness (QED) is 0.587. The summed E-state index contributed by atoms with van der Waals surface area (Å²) in [4.78, 5) is 15.3. The molecule has 4 nitrogen and oxygen atoms in total. The Morgan fingerprint density at radius 2 is 1.66 bits per heavy atom. The first kappa shape index (κ1) is 21.6. The monoisotopic (exact) mass is 390 g/mol. The molecule has 0 saturated carbocycles. The Bertz CT molecular complexity index is 951. The molecule has 148 valence electrons. The van der Waals surface area contributed by atoms with E-state index >= 15 is 0 Å². The van der Waals surface area contributed by atoms with Crippen LogP contribution in [-0.2, 0) is 4.74 Å². The van der Waals surface area contributed by atoms with Gasteiger partial charge in [-0.15, -0.1) is 0 Å². The minimum Gasteiger partial charge on any atom is -0.447 e. The lowest BCUT2D eigenvalue weighted by Gasteiger charge is -2.06. The summed E-state index contributed by atoms with van der Waals surface area (Å²) in [6.07, 6.45) is 1.30. The number of cyclic esters (lactones) is 1. The Kier molecular flexibility index (Phi) is 8.91. The van der Waals surface area contributed by atoms with Crippen LogP contribution in [0.4, 0.5) is 9.18 Å². The van der Waals surface area contributed by atoms with Crippen molar-refractivity contribution in [2.75, 3.05) is 6.61 Å². The molecule has 1 amide bonds. The van der Waals surface area contributed by atoms with Gasteiger partial charge in [0, 0.05) is 11.8 Å². The predicted molar refractivity (Wildman–Crippen MR) is 112 cm³/mol. The maximum atomic E-state index is 11.9. The van der Waals surface area contributed by atoms with Crippen LogP contribution < -0.4 is 5.32 Å². The summed E-state index contributed by atoms with van der Waals surface area (Å²) in [6.45, 7) is 4.34. The van der Waals surface area contributed by atoms with Crippen molar-refractivity contribution < 1.29 is 13.9 Å². The minimum atomic E-state index is -0.385. The van der Waals surface area contributed by atoms with Gasteiger partial charge in [-0.05, 0) is 47.9 Å². The number of benzene rings is 2. The molecule has 29 heavy (non-hydrogen) atoms. The molecule has 1 aromatic heterocycles. The van der Waals surface area contributed by atoms with Gasteiger partial charge in [-0.2, -0.15) is 0 Å². The molecule has 5 heteroatoms. The number of nitrogens with zero attached hydrogens (tertiary/aromatic N) is 1. The summed E-state index contributed by atoms with van der Waals surface area (Å²) in [5.74, 6) is 5.90. The largest absolute Gasteiger partial charge is 0.447 e. The molecule has 0 aliphatic carbocycles. The topological polar surface area (TPSA) is 51.2 Å². The molecule has 1 N–H and O–H groups in total. The van der Waals surface area contributed by atoms with Gasteiger partial charge in [0.05, 0.1) is 6.04 Å². The Labute approximate surface area is 170 Å². The number of halogens is 1. The molecular weight excluding hydrogens is 367 g/mol. The van der Waals surface area contributed by atoms with E-state index in [1.807, 2.05) is 56.3 Å². The molecule has 3 aromatic rings. The van der Waals surface area contributed by atoms with Crippen molar-refractivity contribution in [2.45, 2.75) is 19.9 Å². The normalized spacial score (nSPS) is 13.9. The minimum absolute atomic E-state index is 0.122. The summed E-state index contributed by atoms with van der Waals surface area (Å²) >= 11 is 0. The fraction of sp³-hybridized carbons (Fsp3) is 0.167. The number of rotatable bonds is 1. The lowest BCUT2D eigenvalue weighted by Crippen LogP contribution is -2.18. The number of carbonyl (C=O) groups is 1. The zero-order chi connectivity index (χ0) is 20.9. The molecule has 0 spiro atoms. The molecule has 1 saturated heterocycles. The first-order valence-corrected chi connectivity index (χ1v) is 9.37. The van der Waals surface area contributed by atoms with Crippen molar-refractivity contribution in [3.8, 4) is 11.8 Å². The fourth-order valence-electron chi connectivity index (χ4n) is 2.37. The number of amides is 1. The van der Waals surface area contributed by atoms with Crippen molar-refractivity contribution >= 4 is 6.09 Å². The highest BCUT2D eigenvalue weighted by molar-refractivity contribution is 5.70. The van der Waals surface area contributed by atoms with Gasteiger partial charge < -0.3 is 10.1 Å². The van der Waals surface area contributed by atoms with E-state index < -0.39 is 0 Å². The number of nitrogens with one attached hydrogen (secondary N) is 1. The molecule has 1 aliphatic heterocycles. The van der Waals surface area contributed by atoms with E-state index in [9.17, 15) is 9.18 Å². The van der Waals surface area contributed by atoms with E-state index in [1.54, 1.807) is 24.4 Å². The zero-order valence-electron chi connectivity index (χ0n) is 16.4. The number of pyridine rings is 1. The average molecular weight is 390 g/mol. The third kappa shape index (κ3) is 7.47. The molecule has 0 unspecified atom stereocenters. The van der Waals surface area contributed by atoms with Gasteiger partial charge in [-0.25, -0.2) is 14.2 Å². The van der Waals surface area contributed by atoms with Gasteiger partial charge in [0.25, 0.3) is 0 Å². The maximum absolute atomic E-state index is 11.9. The average Bonchev–Trinajstić information content (AvgIpc) is 3.22. The molecule has 1 atom stereocenters. The molecule has 0 bridgehead atoms. The number of hydrogen-bond acceptors (Lipinski definition) is 3. The molecule has 0 radical (unpaired) electrons. The van der Waals surface area contributed by atoms with E-state index in [1.165, 1.54) is 12.1 Å². The SMILES string of the molecule is CC.Fc1ccccc1.O=C1N[C@H](c2ccnc(C#Cc3ccccc3)c2)CO1. The van der Waals surface area contributed by atoms with E-state index in [-0.39, 0.29) is 18.0 Å². The van der Waals surface area contributed by atoms with Crippen LogP contribution in [0.2, 0.25) is 0 Å². The number of alkyl carbamates (subject to hydrolysis) is 1. The number of hydrogen-bond donors (Lipinski definition) is 1. The predicted octanol–water partition coefficient (Wildman–Crippen LogP) is 5.11. The Morgan fingerprint density at radius 3 is 2.21 bits per heavy atom. The standard InChI is InChI=1S/C16H12N2O2.C6H5F.C2H6/c19-16-18-15(11-20-16)13-8-9-17-14(10-13)7-6-12-4-2-1-3-5-12;7-6-4-2-1-3-5-6;1-2/h1-5,8-10,15H,11H2,(H,18,19);1-5H;1-2H3/t15-;;/m0../s1. The maximum Gasteiger partial charge on any atom is 0.407 e. The van der Waals surface area contributed by atoms with Crippen LogP contribution in [0, 0.1) is 17.7 Å². The van der Waals surface area contributed by atoms with Crippen molar-refractivity contribution in [3.63, 3.8) is 0 Å². The molecule has 1 fully saturated rings. The van der Waals surface area contributed by atoms with Crippen molar-refractivity contribution in [1.82, 2.24) is 10.3 Å².